The van der Waals surface area contributed by atoms with E-state index in [2.05, 4.69) is 21.2 Å². The maximum atomic E-state index is 12.0. The smallest absolute Gasteiger partial charge is 0.337 e. The van der Waals surface area contributed by atoms with Crippen LogP contribution in [-0.4, -0.2) is 17.0 Å². The second kappa shape index (κ2) is 7.44. The molecule has 0 bridgehead atoms. The molecule has 2 rings (SSSR count). The van der Waals surface area contributed by atoms with E-state index in [1.54, 1.807) is 19.1 Å². The average Bonchev–Trinajstić information content (AvgIpc) is 2.47. The zero-order valence-corrected chi connectivity index (χ0v) is 14.5. The fourth-order valence-corrected chi connectivity index (χ4v) is 2.71. The number of carboxylic acids is 1. The van der Waals surface area contributed by atoms with Crippen LogP contribution in [0.2, 0.25) is 5.02 Å². The first-order valence-electron chi connectivity index (χ1n) is 6.65. The molecule has 118 valence electrons. The molecule has 4 nitrogen and oxygen atoms in total. The highest BCUT2D eigenvalue weighted by Crippen LogP contribution is 2.25. The number of carbonyl (C=O) groups is 2. The van der Waals surface area contributed by atoms with Gasteiger partial charge in [-0.15, -0.1) is 0 Å². The molecule has 0 fully saturated rings. The minimum atomic E-state index is -1.15. The van der Waals surface area contributed by atoms with E-state index in [4.69, 9.17) is 11.6 Å². The van der Waals surface area contributed by atoms with Crippen molar-refractivity contribution in [2.24, 2.45) is 0 Å². The number of benzene rings is 2. The maximum absolute atomic E-state index is 12.0. The molecule has 0 saturated heterocycles. The van der Waals surface area contributed by atoms with Gasteiger partial charge in [0.1, 0.15) is 0 Å². The highest BCUT2D eigenvalue weighted by atomic mass is 79.9. The Morgan fingerprint density at radius 2 is 2.00 bits per heavy atom. The zero-order chi connectivity index (χ0) is 17.0. The summed E-state index contributed by atoms with van der Waals surface area (Å²) in [5, 5.41) is 12.1. The van der Waals surface area contributed by atoms with E-state index in [1.807, 2.05) is 24.3 Å². The van der Waals surface area contributed by atoms with Crippen LogP contribution >= 0.6 is 27.5 Å². The molecule has 0 saturated carbocycles. The lowest BCUT2D eigenvalue weighted by atomic mass is 10.1. The van der Waals surface area contributed by atoms with Crippen LogP contribution in [0.5, 0.6) is 0 Å². The molecule has 1 amide bonds. The van der Waals surface area contributed by atoms with Crippen molar-refractivity contribution in [3.8, 4) is 0 Å². The number of hydrogen-bond donors (Lipinski definition) is 2. The number of rotatable bonds is 4. The van der Waals surface area contributed by atoms with Crippen LogP contribution in [0, 0.1) is 6.92 Å². The average molecular weight is 395 g/mol. The predicted octanol–water partition coefficient (Wildman–Crippen LogP) is 4.76. The molecule has 0 atom stereocenters. The molecular formula is C17H13BrClNO3. The Hall–Kier alpha value is -2.11. The molecule has 2 N–H and O–H groups in total. The normalized spacial score (nSPS) is 10.7. The molecule has 0 spiro atoms. The van der Waals surface area contributed by atoms with Gasteiger partial charge in [-0.25, -0.2) is 4.79 Å². The Bertz CT molecular complexity index is 802. The van der Waals surface area contributed by atoms with Crippen molar-refractivity contribution in [1.29, 1.82) is 0 Å². The minimum Gasteiger partial charge on any atom is -0.478 e. The number of hydrogen-bond acceptors (Lipinski definition) is 2. The number of anilines is 1. The van der Waals surface area contributed by atoms with Gasteiger partial charge in [0.15, 0.2) is 0 Å². The first-order chi connectivity index (χ1) is 10.9. The van der Waals surface area contributed by atoms with Crippen LogP contribution in [0.15, 0.2) is 46.9 Å². The Kier molecular flexibility index (Phi) is 5.58. The number of amides is 1. The second-order valence-corrected chi connectivity index (χ2v) is 6.18. The lowest BCUT2D eigenvalue weighted by molar-refractivity contribution is -0.111. The number of halogens is 2. The summed E-state index contributed by atoms with van der Waals surface area (Å²) in [6.07, 6.45) is 2.99. The highest BCUT2D eigenvalue weighted by Gasteiger charge is 2.15. The molecule has 0 aliphatic heterocycles. The number of aromatic carboxylic acids is 1. The summed E-state index contributed by atoms with van der Waals surface area (Å²) in [5.74, 6) is -1.57. The molecule has 0 radical (unpaired) electrons. The first kappa shape index (κ1) is 17.2. The Morgan fingerprint density at radius 3 is 2.65 bits per heavy atom. The predicted molar refractivity (Wildman–Crippen MR) is 95.0 cm³/mol. The van der Waals surface area contributed by atoms with Crippen LogP contribution in [-0.2, 0) is 4.79 Å². The molecule has 0 unspecified atom stereocenters. The molecule has 2 aromatic carbocycles. The summed E-state index contributed by atoms with van der Waals surface area (Å²) >= 11 is 9.22. The Morgan fingerprint density at radius 1 is 1.26 bits per heavy atom. The molecule has 0 aliphatic carbocycles. The van der Waals surface area contributed by atoms with Gasteiger partial charge in [0.05, 0.1) is 11.3 Å². The van der Waals surface area contributed by atoms with Crippen molar-refractivity contribution in [3.05, 3.63) is 68.7 Å². The largest absolute Gasteiger partial charge is 0.478 e. The van der Waals surface area contributed by atoms with Gasteiger partial charge in [-0.1, -0.05) is 39.7 Å². The van der Waals surface area contributed by atoms with Crippen LogP contribution < -0.4 is 5.32 Å². The minimum absolute atomic E-state index is 0.0424. The van der Waals surface area contributed by atoms with E-state index in [0.29, 0.717) is 10.6 Å². The SMILES string of the molecule is Cc1cc(Cl)cc(C(=O)O)c1NC(=O)/C=C/c1cccc(Br)c1. The summed E-state index contributed by atoms with van der Waals surface area (Å²) in [5.41, 5.74) is 1.63. The molecule has 0 aromatic heterocycles. The summed E-state index contributed by atoms with van der Waals surface area (Å²) in [6.45, 7) is 1.69. The lowest BCUT2D eigenvalue weighted by Crippen LogP contribution is -2.13. The van der Waals surface area contributed by atoms with Crippen molar-refractivity contribution in [2.45, 2.75) is 6.92 Å². The van der Waals surface area contributed by atoms with Crippen LogP contribution in [0.1, 0.15) is 21.5 Å². The van der Waals surface area contributed by atoms with E-state index < -0.39 is 11.9 Å². The van der Waals surface area contributed by atoms with Crippen molar-refractivity contribution in [1.82, 2.24) is 0 Å². The summed E-state index contributed by atoms with van der Waals surface area (Å²) in [7, 11) is 0. The van der Waals surface area contributed by atoms with Gasteiger partial charge < -0.3 is 10.4 Å². The second-order valence-electron chi connectivity index (χ2n) is 4.83. The summed E-state index contributed by atoms with van der Waals surface area (Å²) < 4.78 is 0.904. The maximum Gasteiger partial charge on any atom is 0.337 e. The van der Waals surface area contributed by atoms with Gasteiger partial charge >= 0.3 is 5.97 Å². The summed E-state index contributed by atoms with van der Waals surface area (Å²) in [6, 6.07) is 10.4. The van der Waals surface area contributed by atoms with Crippen LogP contribution in [0.3, 0.4) is 0 Å². The fourth-order valence-electron chi connectivity index (χ4n) is 2.02. The van der Waals surface area contributed by atoms with E-state index in [-0.39, 0.29) is 11.3 Å². The molecule has 2 aromatic rings. The van der Waals surface area contributed by atoms with Crippen LogP contribution in [0.4, 0.5) is 5.69 Å². The van der Waals surface area contributed by atoms with Gasteiger partial charge in [0.25, 0.3) is 0 Å². The third-order valence-electron chi connectivity index (χ3n) is 3.05. The quantitative estimate of drug-likeness (QED) is 0.735. The molecule has 0 aliphatic rings. The standard InChI is InChI=1S/C17H13BrClNO3/c1-10-7-13(19)9-14(17(22)23)16(10)20-15(21)6-5-11-3-2-4-12(18)8-11/h2-9H,1H3,(H,20,21)(H,22,23)/b6-5+. The number of carbonyl (C=O) groups excluding carboxylic acids is 1. The zero-order valence-electron chi connectivity index (χ0n) is 12.1. The van der Waals surface area contributed by atoms with E-state index in [1.165, 1.54) is 12.1 Å². The first-order valence-corrected chi connectivity index (χ1v) is 7.82. The third kappa shape index (κ3) is 4.68. The van der Waals surface area contributed by atoms with Gasteiger partial charge in [0.2, 0.25) is 5.91 Å². The Labute approximate surface area is 146 Å². The third-order valence-corrected chi connectivity index (χ3v) is 3.77. The topological polar surface area (TPSA) is 66.4 Å². The van der Waals surface area contributed by atoms with Crippen molar-refractivity contribution in [2.75, 3.05) is 5.32 Å². The van der Waals surface area contributed by atoms with Crippen molar-refractivity contribution >= 4 is 51.2 Å². The molecular weight excluding hydrogens is 382 g/mol. The highest BCUT2D eigenvalue weighted by molar-refractivity contribution is 9.10. The van der Waals surface area contributed by atoms with Crippen molar-refractivity contribution < 1.29 is 14.7 Å². The van der Waals surface area contributed by atoms with E-state index in [0.717, 1.165) is 10.0 Å². The van der Waals surface area contributed by atoms with E-state index >= 15 is 0 Å². The van der Waals surface area contributed by atoms with Gasteiger partial charge in [-0.2, -0.15) is 0 Å². The monoisotopic (exact) mass is 393 g/mol. The number of carboxylic acid groups (broad SMARTS) is 1. The van der Waals surface area contributed by atoms with Gasteiger partial charge in [-0.3, -0.25) is 4.79 Å². The molecule has 6 heteroatoms. The lowest BCUT2D eigenvalue weighted by Gasteiger charge is -2.11. The van der Waals surface area contributed by atoms with Crippen molar-refractivity contribution in [3.63, 3.8) is 0 Å². The van der Waals surface area contributed by atoms with E-state index in [9.17, 15) is 14.7 Å². The number of nitrogens with one attached hydrogen (secondary N) is 1. The summed E-state index contributed by atoms with van der Waals surface area (Å²) in [4.78, 5) is 23.3. The fraction of sp³-hybridized carbons (Fsp3) is 0.0588. The molecule has 0 heterocycles. The Balaban J connectivity index is 2.22. The number of aryl methyl sites for hydroxylation is 1. The van der Waals surface area contributed by atoms with Gasteiger partial charge in [-0.05, 0) is 48.4 Å². The van der Waals surface area contributed by atoms with Crippen LogP contribution in [0.25, 0.3) is 6.08 Å². The van der Waals surface area contributed by atoms with Gasteiger partial charge in [0, 0.05) is 15.6 Å². The molecule has 23 heavy (non-hydrogen) atoms.